The zero-order valence-electron chi connectivity index (χ0n) is 17.0. The summed E-state index contributed by atoms with van der Waals surface area (Å²) in [4.78, 5) is 12.6. The first-order valence-corrected chi connectivity index (χ1v) is 11.2. The molecule has 0 bridgehead atoms. The standard InChI is InChI=1S/C24H23NO4S/c1-15-9-11-19(12-10-15)30(28,29)25-22-17(3)13-16(2)14-20(22)21(23(25)24(26)27)18-7-5-4-6-8-18/h4-14,21,23H,1-3H3,(H,26,27). The number of aliphatic carboxylic acids is 1. The minimum atomic E-state index is -4.09. The zero-order chi connectivity index (χ0) is 21.6. The van der Waals surface area contributed by atoms with Gasteiger partial charge in [0.15, 0.2) is 6.04 Å². The van der Waals surface area contributed by atoms with Gasteiger partial charge in [-0.05, 0) is 49.6 Å². The van der Waals surface area contributed by atoms with E-state index >= 15 is 0 Å². The van der Waals surface area contributed by atoms with Crippen LogP contribution in [-0.4, -0.2) is 25.5 Å². The first-order chi connectivity index (χ1) is 14.2. The molecule has 5 nitrogen and oxygen atoms in total. The highest BCUT2D eigenvalue weighted by Crippen LogP contribution is 2.49. The number of sulfonamides is 1. The number of fused-ring (bicyclic) bond motifs is 1. The second kappa shape index (κ2) is 7.29. The normalized spacial score (nSPS) is 18.3. The Bertz CT molecular complexity index is 1220. The van der Waals surface area contributed by atoms with Crippen LogP contribution in [0.25, 0.3) is 0 Å². The summed E-state index contributed by atoms with van der Waals surface area (Å²) in [7, 11) is -4.09. The van der Waals surface area contributed by atoms with E-state index in [1.807, 2.05) is 63.2 Å². The number of carboxylic acid groups (broad SMARTS) is 1. The van der Waals surface area contributed by atoms with E-state index < -0.39 is 28.0 Å². The van der Waals surface area contributed by atoms with Gasteiger partial charge in [0.1, 0.15) is 0 Å². The van der Waals surface area contributed by atoms with Crippen LogP contribution in [0.4, 0.5) is 5.69 Å². The Labute approximate surface area is 176 Å². The Morgan fingerprint density at radius 3 is 2.13 bits per heavy atom. The summed E-state index contributed by atoms with van der Waals surface area (Å²) in [5.74, 6) is -1.77. The van der Waals surface area contributed by atoms with Crippen LogP contribution in [0.3, 0.4) is 0 Å². The van der Waals surface area contributed by atoms with Gasteiger partial charge in [-0.1, -0.05) is 65.7 Å². The second-order valence-electron chi connectivity index (χ2n) is 7.80. The number of hydrogen-bond donors (Lipinski definition) is 1. The molecule has 30 heavy (non-hydrogen) atoms. The summed E-state index contributed by atoms with van der Waals surface area (Å²) >= 11 is 0. The van der Waals surface area contributed by atoms with Crippen LogP contribution in [-0.2, 0) is 14.8 Å². The average molecular weight is 422 g/mol. The smallest absolute Gasteiger partial charge is 0.328 e. The topological polar surface area (TPSA) is 74.7 Å². The van der Waals surface area contributed by atoms with E-state index in [4.69, 9.17) is 0 Å². The third kappa shape index (κ3) is 3.17. The van der Waals surface area contributed by atoms with Crippen molar-refractivity contribution in [1.82, 2.24) is 0 Å². The minimum absolute atomic E-state index is 0.0824. The van der Waals surface area contributed by atoms with E-state index in [0.717, 1.165) is 32.1 Å². The molecule has 0 saturated heterocycles. The van der Waals surface area contributed by atoms with Gasteiger partial charge >= 0.3 is 5.97 Å². The third-order valence-corrected chi connectivity index (χ3v) is 7.38. The molecule has 0 spiro atoms. The zero-order valence-corrected chi connectivity index (χ0v) is 17.8. The van der Waals surface area contributed by atoms with Crippen molar-refractivity contribution in [1.29, 1.82) is 0 Å². The molecule has 3 aromatic carbocycles. The summed E-state index contributed by atoms with van der Waals surface area (Å²) in [6.07, 6.45) is 0. The van der Waals surface area contributed by atoms with Crippen LogP contribution < -0.4 is 4.31 Å². The van der Waals surface area contributed by atoms with Crippen LogP contribution in [0, 0.1) is 20.8 Å². The SMILES string of the molecule is Cc1ccc(S(=O)(=O)N2c3c(C)cc(C)cc3C(c3ccccc3)C2C(=O)O)cc1. The van der Waals surface area contributed by atoms with Gasteiger partial charge in [0.2, 0.25) is 0 Å². The lowest BCUT2D eigenvalue weighted by molar-refractivity contribution is -0.138. The number of carboxylic acids is 1. The number of nitrogens with zero attached hydrogens (tertiary/aromatic N) is 1. The number of rotatable bonds is 4. The molecule has 0 radical (unpaired) electrons. The molecule has 1 heterocycles. The van der Waals surface area contributed by atoms with Crippen molar-refractivity contribution in [3.8, 4) is 0 Å². The van der Waals surface area contributed by atoms with E-state index in [1.165, 1.54) is 12.1 Å². The van der Waals surface area contributed by atoms with Crippen molar-refractivity contribution < 1.29 is 18.3 Å². The van der Waals surface area contributed by atoms with Gasteiger partial charge in [0.25, 0.3) is 10.0 Å². The molecule has 0 aliphatic carbocycles. The molecule has 0 saturated carbocycles. The minimum Gasteiger partial charge on any atom is -0.480 e. The van der Waals surface area contributed by atoms with Crippen LogP contribution in [0.15, 0.2) is 71.6 Å². The predicted octanol–water partition coefficient (Wildman–Crippen LogP) is 4.41. The maximum Gasteiger partial charge on any atom is 0.328 e. The van der Waals surface area contributed by atoms with Crippen LogP contribution in [0.1, 0.15) is 33.7 Å². The van der Waals surface area contributed by atoms with Crippen molar-refractivity contribution in [3.63, 3.8) is 0 Å². The lowest BCUT2D eigenvalue weighted by Gasteiger charge is -2.27. The molecule has 154 valence electrons. The second-order valence-corrected chi connectivity index (χ2v) is 9.62. The fourth-order valence-electron chi connectivity index (χ4n) is 4.33. The Morgan fingerprint density at radius 2 is 1.53 bits per heavy atom. The molecule has 6 heteroatoms. The highest BCUT2D eigenvalue weighted by Gasteiger charge is 2.50. The monoisotopic (exact) mass is 421 g/mol. The molecule has 2 atom stereocenters. The van der Waals surface area contributed by atoms with Gasteiger partial charge in [-0.15, -0.1) is 0 Å². The highest BCUT2D eigenvalue weighted by atomic mass is 32.2. The third-order valence-electron chi connectivity index (χ3n) is 5.59. The van der Waals surface area contributed by atoms with E-state index in [0.29, 0.717) is 5.69 Å². The molecule has 3 aromatic rings. The lowest BCUT2D eigenvalue weighted by Crippen LogP contribution is -2.44. The highest BCUT2D eigenvalue weighted by molar-refractivity contribution is 7.93. The Morgan fingerprint density at radius 1 is 0.900 bits per heavy atom. The summed E-state index contributed by atoms with van der Waals surface area (Å²) in [5, 5.41) is 10.2. The van der Waals surface area contributed by atoms with Crippen LogP contribution in [0.2, 0.25) is 0 Å². The van der Waals surface area contributed by atoms with Gasteiger partial charge in [-0.25, -0.2) is 13.2 Å². The van der Waals surface area contributed by atoms with Crippen molar-refractivity contribution in [2.45, 2.75) is 37.6 Å². The molecule has 1 aliphatic rings. The Balaban J connectivity index is 2.01. The maximum atomic E-state index is 13.7. The summed E-state index contributed by atoms with van der Waals surface area (Å²) in [6, 6.07) is 18.3. The maximum absolute atomic E-state index is 13.7. The largest absolute Gasteiger partial charge is 0.480 e. The Kier molecular flexibility index (Phi) is 4.90. The average Bonchev–Trinajstić information content (AvgIpc) is 3.05. The van der Waals surface area contributed by atoms with Crippen LogP contribution >= 0.6 is 0 Å². The van der Waals surface area contributed by atoms with Gasteiger partial charge in [-0.2, -0.15) is 0 Å². The summed E-state index contributed by atoms with van der Waals surface area (Å²) < 4.78 is 28.5. The number of carbonyl (C=O) groups is 1. The number of benzene rings is 3. The van der Waals surface area contributed by atoms with Crippen molar-refractivity contribution in [2.75, 3.05) is 4.31 Å². The van der Waals surface area contributed by atoms with Crippen LogP contribution in [0.5, 0.6) is 0 Å². The van der Waals surface area contributed by atoms with Gasteiger partial charge in [0.05, 0.1) is 10.6 Å². The molecule has 1 N–H and O–H groups in total. The molecule has 2 unspecified atom stereocenters. The molecule has 0 aromatic heterocycles. The number of anilines is 1. The van der Waals surface area contributed by atoms with Crippen molar-refractivity contribution in [2.24, 2.45) is 0 Å². The van der Waals surface area contributed by atoms with Crippen molar-refractivity contribution >= 4 is 21.7 Å². The number of hydrogen-bond acceptors (Lipinski definition) is 3. The fourth-order valence-corrected chi connectivity index (χ4v) is 6.04. The molecule has 4 rings (SSSR count). The molecular formula is C24H23NO4S. The summed E-state index contributed by atoms with van der Waals surface area (Å²) in [5.41, 5.74) is 4.60. The van der Waals surface area contributed by atoms with Gasteiger partial charge < -0.3 is 5.11 Å². The van der Waals surface area contributed by atoms with Gasteiger partial charge in [0, 0.05) is 5.92 Å². The fraction of sp³-hybridized carbons (Fsp3) is 0.208. The lowest BCUT2D eigenvalue weighted by atomic mass is 9.86. The predicted molar refractivity (Wildman–Crippen MR) is 116 cm³/mol. The quantitative estimate of drug-likeness (QED) is 0.677. The van der Waals surface area contributed by atoms with Gasteiger partial charge in [-0.3, -0.25) is 4.31 Å². The van der Waals surface area contributed by atoms with E-state index in [-0.39, 0.29) is 4.90 Å². The molecule has 0 fully saturated rings. The Hall–Kier alpha value is -3.12. The molecule has 0 amide bonds. The first-order valence-electron chi connectivity index (χ1n) is 9.72. The summed E-state index contributed by atoms with van der Waals surface area (Å²) in [6.45, 7) is 5.64. The van der Waals surface area contributed by atoms with Crippen molar-refractivity contribution in [3.05, 3.63) is 94.5 Å². The first kappa shape index (κ1) is 20.2. The molecular weight excluding hydrogens is 398 g/mol. The van der Waals surface area contributed by atoms with E-state index in [2.05, 4.69) is 0 Å². The van der Waals surface area contributed by atoms with E-state index in [1.54, 1.807) is 12.1 Å². The molecule has 1 aliphatic heterocycles. The number of aryl methyl sites for hydroxylation is 3. The van der Waals surface area contributed by atoms with E-state index in [9.17, 15) is 18.3 Å².